The van der Waals surface area contributed by atoms with E-state index in [0.717, 1.165) is 14.8 Å². The molecule has 0 bridgehead atoms. The van der Waals surface area contributed by atoms with Gasteiger partial charge in [-0.15, -0.1) is 0 Å². The monoisotopic (exact) mass is 384 g/mol. The Morgan fingerprint density at radius 2 is 1.95 bits per heavy atom. The number of halogens is 1. The van der Waals surface area contributed by atoms with Crippen LogP contribution in [0.1, 0.15) is 5.56 Å². The van der Waals surface area contributed by atoms with Crippen LogP contribution in [0.5, 0.6) is 0 Å². The van der Waals surface area contributed by atoms with Gasteiger partial charge in [0.05, 0.1) is 4.92 Å². The molecule has 0 saturated carbocycles. The summed E-state index contributed by atoms with van der Waals surface area (Å²) in [5.41, 5.74) is 4.87. The van der Waals surface area contributed by atoms with Gasteiger partial charge in [0, 0.05) is 9.26 Å². The summed E-state index contributed by atoms with van der Waals surface area (Å²) in [5.74, 6) is 5.31. The molecular weight excluding hydrogens is 371 g/mol. The number of hydrogen-bond acceptors (Lipinski definition) is 5. The number of aryl methyl sites for hydroxylation is 1. The normalized spacial score (nSPS) is 10.2. The van der Waals surface area contributed by atoms with Gasteiger partial charge in [0.2, 0.25) is 0 Å². The number of benzene rings is 2. The molecule has 0 atom stereocenters. The van der Waals surface area contributed by atoms with Crippen LogP contribution in [0, 0.1) is 20.6 Å². The second kappa shape index (κ2) is 6.06. The molecule has 0 unspecified atom stereocenters. The summed E-state index contributed by atoms with van der Waals surface area (Å²) in [6, 6.07) is 10.7. The van der Waals surface area contributed by atoms with Crippen molar-refractivity contribution in [1.82, 2.24) is 0 Å². The van der Waals surface area contributed by atoms with Crippen molar-refractivity contribution in [1.29, 1.82) is 0 Å². The first-order valence-corrected chi connectivity index (χ1v) is 6.88. The first-order chi connectivity index (χ1) is 9.52. The molecule has 7 heteroatoms. The lowest BCUT2D eigenvalue weighted by Gasteiger charge is -2.10. The number of para-hydroxylation sites is 1. The van der Waals surface area contributed by atoms with E-state index in [1.807, 2.05) is 25.1 Å². The molecule has 0 heterocycles. The molecule has 0 saturated heterocycles. The highest BCUT2D eigenvalue weighted by Crippen LogP contribution is 2.34. The van der Waals surface area contributed by atoms with Crippen molar-refractivity contribution in [3.05, 3.63) is 55.6 Å². The quantitative estimate of drug-likeness (QED) is 0.325. The minimum absolute atomic E-state index is 0.0782. The fourth-order valence-corrected chi connectivity index (χ4v) is 2.30. The minimum atomic E-state index is -0.462. The van der Waals surface area contributed by atoms with Gasteiger partial charge in [0.1, 0.15) is 11.4 Å². The lowest BCUT2D eigenvalue weighted by atomic mass is 10.2. The molecule has 0 aliphatic heterocycles. The summed E-state index contributed by atoms with van der Waals surface area (Å²) in [6.07, 6.45) is 0. The Morgan fingerprint density at radius 1 is 1.25 bits per heavy atom. The molecule has 20 heavy (non-hydrogen) atoms. The number of hydrazine groups is 1. The van der Waals surface area contributed by atoms with Gasteiger partial charge in [-0.3, -0.25) is 16.0 Å². The highest BCUT2D eigenvalue weighted by Gasteiger charge is 2.19. The zero-order valence-corrected chi connectivity index (χ0v) is 12.8. The zero-order chi connectivity index (χ0) is 14.7. The van der Waals surface area contributed by atoms with Gasteiger partial charge in [0.15, 0.2) is 0 Å². The third kappa shape index (κ3) is 2.99. The third-order valence-corrected chi connectivity index (χ3v) is 3.99. The Kier molecular flexibility index (Phi) is 4.40. The number of nitrogens with two attached hydrogens (primary N) is 1. The number of nitrogens with zero attached hydrogens (tertiary/aromatic N) is 1. The lowest BCUT2D eigenvalue weighted by molar-refractivity contribution is -0.383. The van der Waals surface area contributed by atoms with Crippen LogP contribution in [0.2, 0.25) is 0 Å². The second-order valence-electron chi connectivity index (χ2n) is 4.19. The van der Waals surface area contributed by atoms with E-state index >= 15 is 0 Å². The van der Waals surface area contributed by atoms with Crippen molar-refractivity contribution < 1.29 is 4.92 Å². The molecule has 104 valence electrons. The van der Waals surface area contributed by atoms with Crippen molar-refractivity contribution in [3.63, 3.8) is 0 Å². The Bertz CT molecular complexity index is 661. The molecule has 0 amide bonds. The number of nitro groups is 1. The van der Waals surface area contributed by atoms with Crippen molar-refractivity contribution in [3.8, 4) is 0 Å². The smallest absolute Gasteiger partial charge is 0.316 e. The minimum Gasteiger partial charge on any atom is -0.350 e. The highest BCUT2D eigenvalue weighted by molar-refractivity contribution is 14.1. The van der Waals surface area contributed by atoms with Crippen LogP contribution in [-0.4, -0.2) is 4.92 Å². The van der Waals surface area contributed by atoms with E-state index in [9.17, 15) is 10.1 Å². The van der Waals surface area contributed by atoms with Gasteiger partial charge in [-0.25, -0.2) is 0 Å². The second-order valence-corrected chi connectivity index (χ2v) is 5.35. The summed E-state index contributed by atoms with van der Waals surface area (Å²) < 4.78 is 1.09. The fraction of sp³-hybridized carbons (Fsp3) is 0.0769. The standard InChI is InChI=1S/C13H13IN4O2/c1-8-5-6-9(7-10(8)14)16-11-3-2-4-12(17-15)13(11)18(19)20/h2-7,16-17H,15H2,1H3. The number of nitrogen functional groups attached to an aromatic ring is 1. The van der Waals surface area contributed by atoms with E-state index in [-0.39, 0.29) is 11.4 Å². The lowest BCUT2D eigenvalue weighted by Crippen LogP contribution is -2.10. The maximum Gasteiger partial charge on any atom is 0.316 e. The molecule has 0 radical (unpaired) electrons. The number of anilines is 3. The summed E-state index contributed by atoms with van der Waals surface area (Å²) in [4.78, 5) is 10.7. The average molecular weight is 384 g/mol. The predicted molar refractivity (Wildman–Crippen MR) is 88.1 cm³/mol. The number of nitro benzene ring substituents is 1. The van der Waals surface area contributed by atoms with Crippen LogP contribution in [0.15, 0.2) is 36.4 Å². The largest absolute Gasteiger partial charge is 0.350 e. The maximum atomic E-state index is 11.2. The predicted octanol–water partition coefficient (Wildman–Crippen LogP) is 3.54. The molecular formula is C13H13IN4O2. The zero-order valence-electron chi connectivity index (χ0n) is 10.7. The van der Waals surface area contributed by atoms with Gasteiger partial charge in [-0.2, -0.15) is 0 Å². The molecule has 2 aromatic carbocycles. The Hall–Kier alpha value is -1.87. The van der Waals surface area contributed by atoms with E-state index in [1.54, 1.807) is 18.2 Å². The molecule has 2 aromatic rings. The van der Waals surface area contributed by atoms with Crippen molar-refractivity contribution in [2.45, 2.75) is 6.92 Å². The summed E-state index contributed by atoms with van der Waals surface area (Å²) >= 11 is 2.22. The van der Waals surface area contributed by atoms with E-state index in [1.165, 1.54) is 0 Å². The van der Waals surface area contributed by atoms with Crippen molar-refractivity contribution in [2.75, 3.05) is 10.7 Å². The van der Waals surface area contributed by atoms with Gasteiger partial charge in [-0.05, 0) is 59.3 Å². The highest BCUT2D eigenvalue weighted by atomic mass is 127. The van der Waals surface area contributed by atoms with Crippen LogP contribution in [0.25, 0.3) is 0 Å². The van der Waals surface area contributed by atoms with Crippen molar-refractivity contribution in [2.24, 2.45) is 5.84 Å². The Morgan fingerprint density at radius 3 is 2.55 bits per heavy atom. The van der Waals surface area contributed by atoms with Crippen LogP contribution in [0.4, 0.5) is 22.7 Å². The van der Waals surface area contributed by atoms with Gasteiger partial charge in [0.25, 0.3) is 0 Å². The SMILES string of the molecule is Cc1ccc(Nc2cccc(NN)c2[N+](=O)[O-])cc1I. The van der Waals surface area contributed by atoms with Gasteiger partial charge in [-0.1, -0.05) is 12.1 Å². The topological polar surface area (TPSA) is 93.2 Å². The van der Waals surface area contributed by atoms with Gasteiger partial charge < -0.3 is 10.7 Å². The Labute approximate surface area is 129 Å². The summed E-state index contributed by atoms with van der Waals surface area (Å²) in [7, 11) is 0. The first-order valence-electron chi connectivity index (χ1n) is 5.80. The van der Waals surface area contributed by atoms with Crippen LogP contribution in [-0.2, 0) is 0 Å². The van der Waals surface area contributed by atoms with E-state index in [0.29, 0.717) is 5.69 Å². The maximum absolute atomic E-state index is 11.2. The fourth-order valence-electron chi connectivity index (χ4n) is 1.78. The molecule has 0 aliphatic rings. The molecule has 0 aromatic heterocycles. The number of hydrogen-bond donors (Lipinski definition) is 3. The molecule has 0 spiro atoms. The van der Waals surface area contributed by atoms with Crippen molar-refractivity contribution >= 4 is 45.3 Å². The number of rotatable bonds is 4. The van der Waals surface area contributed by atoms with E-state index in [4.69, 9.17) is 5.84 Å². The Balaban J connectivity index is 2.42. The molecule has 2 rings (SSSR count). The van der Waals surface area contributed by atoms with Crippen LogP contribution >= 0.6 is 22.6 Å². The average Bonchev–Trinajstić information content (AvgIpc) is 2.42. The molecule has 0 aliphatic carbocycles. The van der Waals surface area contributed by atoms with E-state index in [2.05, 4.69) is 33.3 Å². The molecule has 6 nitrogen and oxygen atoms in total. The number of nitrogens with one attached hydrogen (secondary N) is 2. The molecule has 0 fully saturated rings. The van der Waals surface area contributed by atoms with Gasteiger partial charge >= 0.3 is 5.69 Å². The summed E-state index contributed by atoms with van der Waals surface area (Å²) in [6.45, 7) is 2.01. The van der Waals surface area contributed by atoms with E-state index < -0.39 is 4.92 Å². The summed E-state index contributed by atoms with van der Waals surface area (Å²) in [5, 5.41) is 14.2. The molecule has 4 N–H and O–H groups in total. The first kappa shape index (κ1) is 14.5. The van der Waals surface area contributed by atoms with Crippen LogP contribution < -0.4 is 16.6 Å². The van der Waals surface area contributed by atoms with Crippen LogP contribution in [0.3, 0.4) is 0 Å². The third-order valence-electron chi connectivity index (χ3n) is 2.82.